The highest BCUT2D eigenvalue weighted by molar-refractivity contribution is 5.94. The van der Waals surface area contributed by atoms with Crippen LogP contribution in [0.4, 0.5) is 0 Å². The van der Waals surface area contributed by atoms with Crippen LogP contribution in [-0.4, -0.2) is 84.9 Å². The molecule has 0 aromatic heterocycles. The van der Waals surface area contributed by atoms with Crippen LogP contribution in [0.5, 0.6) is 0 Å². The fraction of sp³-hybridized carbons (Fsp3) is 0.467. The molecular weight excluding hydrogens is 468 g/mol. The Morgan fingerprint density at radius 3 is 2.54 bits per heavy atom. The van der Waals surface area contributed by atoms with Crippen molar-refractivity contribution >= 4 is 11.9 Å². The Hall–Kier alpha value is -3.18. The van der Waals surface area contributed by atoms with Crippen LogP contribution in [0.3, 0.4) is 0 Å². The maximum Gasteiger partial charge on any atom is 0.305 e. The zero-order valence-electron chi connectivity index (χ0n) is 21.4. The molecule has 1 amide bonds. The van der Waals surface area contributed by atoms with Crippen molar-refractivity contribution in [2.45, 2.75) is 37.7 Å². The lowest BCUT2D eigenvalue weighted by molar-refractivity contribution is -0.138. The van der Waals surface area contributed by atoms with Crippen LogP contribution in [0.1, 0.15) is 46.3 Å². The molecule has 2 fully saturated rings. The number of hydrogen-bond acceptors (Lipinski definition) is 5. The number of amides is 1. The number of rotatable bonds is 10. The summed E-state index contributed by atoms with van der Waals surface area (Å²) < 4.78 is 11.7. The molecule has 0 unspecified atom stereocenters. The average molecular weight is 505 g/mol. The number of carbonyl (C=O) groups excluding carboxylic acids is 1. The molecule has 2 aliphatic rings. The summed E-state index contributed by atoms with van der Waals surface area (Å²) in [6.07, 6.45) is 9.12. The Morgan fingerprint density at radius 1 is 1.03 bits per heavy atom. The lowest BCUT2D eigenvalue weighted by Gasteiger charge is -2.47. The Kier molecular flexibility index (Phi) is 9.34. The van der Waals surface area contributed by atoms with Crippen LogP contribution in [0.15, 0.2) is 48.5 Å². The van der Waals surface area contributed by atoms with E-state index in [1.54, 1.807) is 6.07 Å². The Labute approximate surface area is 219 Å². The Bertz CT molecular complexity index is 1120. The number of benzene rings is 2. The number of likely N-dealkylation sites (tertiary alicyclic amines) is 1. The number of nitrogens with zero attached hydrogens (tertiary/aromatic N) is 2. The Balaban J connectivity index is 1.23. The summed E-state index contributed by atoms with van der Waals surface area (Å²) in [4.78, 5) is 28.1. The van der Waals surface area contributed by atoms with E-state index < -0.39 is 5.97 Å². The molecule has 7 heteroatoms. The minimum atomic E-state index is -0.835. The van der Waals surface area contributed by atoms with Gasteiger partial charge in [0.25, 0.3) is 5.91 Å². The molecule has 0 atom stereocenters. The van der Waals surface area contributed by atoms with Gasteiger partial charge in [0.1, 0.15) is 0 Å². The minimum absolute atomic E-state index is 0.0226. The lowest BCUT2D eigenvalue weighted by Crippen LogP contribution is -2.58. The number of ether oxygens (including phenoxy) is 2. The van der Waals surface area contributed by atoms with E-state index in [2.05, 4.69) is 35.1 Å². The molecule has 2 heterocycles. The molecule has 2 saturated heterocycles. The second-order valence-electron chi connectivity index (χ2n) is 9.90. The summed E-state index contributed by atoms with van der Waals surface area (Å²) in [7, 11) is 0. The number of hydrogen-bond donors (Lipinski definition) is 1. The molecule has 0 bridgehead atoms. The van der Waals surface area contributed by atoms with E-state index in [0.29, 0.717) is 31.9 Å². The summed E-state index contributed by atoms with van der Waals surface area (Å²) >= 11 is 0. The van der Waals surface area contributed by atoms with Gasteiger partial charge in [0.2, 0.25) is 0 Å². The van der Waals surface area contributed by atoms with Crippen LogP contribution >= 0.6 is 0 Å². The van der Waals surface area contributed by atoms with Crippen molar-refractivity contribution in [1.29, 1.82) is 0 Å². The quantitative estimate of drug-likeness (QED) is 0.395. The number of morpholine rings is 1. The fourth-order valence-corrected chi connectivity index (χ4v) is 5.11. The second-order valence-corrected chi connectivity index (χ2v) is 9.90. The van der Waals surface area contributed by atoms with Gasteiger partial charge in [-0.1, -0.05) is 36.3 Å². The van der Waals surface area contributed by atoms with Crippen molar-refractivity contribution in [3.05, 3.63) is 70.8 Å². The normalized spacial score (nSPS) is 17.4. The first-order valence-corrected chi connectivity index (χ1v) is 13.1. The monoisotopic (exact) mass is 504 g/mol. The molecular formula is C30H36N2O5. The van der Waals surface area contributed by atoms with Crippen molar-refractivity contribution in [2.75, 3.05) is 52.5 Å². The van der Waals surface area contributed by atoms with Crippen LogP contribution in [0.2, 0.25) is 0 Å². The van der Waals surface area contributed by atoms with Crippen molar-refractivity contribution in [3.63, 3.8) is 0 Å². The molecule has 1 N–H and O–H groups in total. The summed E-state index contributed by atoms with van der Waals surface area (Å²) in [5, 5.41) is 8.69. The fourth-order valence-electron chi connectivity index (χ4n) is 5.11. The molecule has 0 radical (unpaired) electrons. The second kappa shape index (κ2) is 12.9. The highest BCUT2D eigenvalue weighted by Crippen LogP contribution is 2.31. The highest BCUT2D eigenvalue weighted by atomic mass is 16.5. The van der Waals surface area contributed by atoms with Crippen molar-refractivity contribution in [3.8, 4) is 12.3 Å². The third kappa shape index (κ3) is 7.65. The van der Waals surface area contributed by atoms with E-state index in [4.69, 9.17) is 21.0 Å². The van der Waals surface area contributed by atoms with E-state index in [-0.39, 0.29) is 24.5 Å². The molecule has 7 nitrogen and oxygen atoms in total. The smallest absolute Gasteiger partial charge is 0.305 e. The van der Waals surface area contributed by atoms with E-state index in [0.717, 1.165) is 50.9 Å². The average Bonchev–Trinajstić information content (AvgIpc) is 2.92. The topological polar surface area (TPSA) is 79.3 Å². The zero-order chi connectivity index (χ0) is 26.1. The van der Waals surface area contributed by atoms with Gasteiger partial charge in [-0.3, -0.25) is 9.59 Å². The third-order valence-corrected chi connectivity index (χ3v) is 7.28. The van der Waals surface area contributed by atoms with Crippen LogP contribution in [0.25, 0.3) is 0 Å². The lowest BCUT2D eigenvalue weighted by atomic mass is 9.89. The van der Waals surface area contributed by atoms with E-state index in [1.165, 1.54) is 11.1 Å². The summed E-state index contributed by atoms with van der Waals surface area (Å²) in [5.41, 5.74) is 3.59. The Morgan fingerprint density at radius 2 is 1.78 bits per heavy atom. The number of aliphatic carboxylic acids is 1. The van der Waals surface area contributed by atoms with Gasteiger partial charge >= 0.3 is 5.97 Å². The molecule has 1 spiro atoms. The van der Waals surface area contributed by atoms with Gasteiger partial charge in [-0.15, -0.1) is 6.42 Å². The zero-order valence-corrected chi connectivity index (χ0v) is 21.4. The third-order valence-electron chi connectivity index (χ3n) is 7.28. The van der Waals surface area contributed by atoms with Gasteiger partial charge in [-0.05, 0) is 55.0 Å². The van der Waals surface area contributed by atoms with Gasteiger partial charge in [0.05, 0.1) is 38.4 Å². The number of carbonyl (C=O) groups is 2. The first kappa shape index (κ1) is 26.9. The van der Waals surface area contributed by atoms with E-state index in [1.807, 2.05) is 23.1 Å². The van der Waals surface area contributed by atoms with Crippen LogP contribution < -0.4 is 0 Å². The summed E-state index contributed by atoms with van der Waals surface area (Å²) in [6, 6.07) is 15.8. The molecule has 37 heavy (non-hydrogen) atoms. The van der Waals surface area contributed by atoms with Crippen molar-refractivity contribution in [2.24, 2.45) is 0 Å². The number of piperidine rings is 1. The molecule has 0 saturated carbocycles. The number of carboxylic acid groups (broad SMARTS) is 1. The predicted molar refractivity (Wildman–Crippen MR) is 142 cm³/mol. The molecule has 0 aliphatic carbocycles. The highest BCUT2D eigenvalue weighted by Gasteiger charge is 2.41. The molecule has 2 aromatic carbocycles. The van der Waals surface area contributed by atoms with Crippen LogP contribution in [-0.2, 0) is 27.1 Å². The van der Waals surface area contributed by atoms with Gasteiger partial charge in [0, 0.05) is 37.3 Å². The van der Waals surface area contributed by atoms with E-state index >= 15 is 0 Å². The molecule has 2 aromatic rings. The predicted octanol–water partition coefficient (Wildman–Crippen LogP) is 3.25. The number of carboxylic acids is 1. The maximum absolute atomic E-state index is 13.1. The SMILES string of the molecule is C#Cc1cccc(C(=O)N2CCOC3(CCN(CCc4cccc(CCOCCC(=O)O)c4)CC3)C2)c1. The van der Waals surface area contributed by atoms with Gasteiger partial charge in [-0.2, -0.15) is 0 Å². The molecule has 196 valence electrons. The minimum Gasteiger partial charge on any atom is -0.481 e. The van der Waals surface area contributed by atoms with Gasteiger partial charge in [0.15, 0.2) is 0 Å². The summed E-state index contributed by atoms with van der Waals surface area (Å²) in [5.74, 6) is 1.79. The molecule has 2 aliphatic heterocycles. The van der Waals surface area contributed by atoms with Gasteiger partial charge < -0.3 is 24.4 Å². The number of terminal acetylenes is 1. The van der Waals surface area contributed by atoms with Crippen LogP contribution in [0, 0.1) is 12.3 Å². The standard InChI is InChI=1S/C30H36N2O5/c1-2-24-5-4-8-27(22-24)29(35)32-17-20-37-30(23-32)12-15-31(16-13-30)14-9-25-6-3-7-26(21-25)10-18-36-19-11-28(33)34/h1,3-8,21-22H,9-20,23H2,(H,33,34). The largest absolute Gasteiger partial charge is 0.481 e. The summed E-state index contributed by atoms with van der Waals surface area (Å²) in [6.45, 7) is 5.45. The first-order chi connectivity index (χ1) is 18.0. The van der Waals surface area contributed by atoms with E-state index in [9.17, 15) is 9.59 Å². The first-order valence-electron chi connectivity index (χ1n) is 13.1. The van der Waals surface area contributed by atoms with Gasteiger partial charge in [-0.25, -0.2) is 0 Å². The van der Waals surface area contributed by atoms with Crippen molar-refractivity contribution in [1.82, 2.24) is 9.80 Å². The molecule has 4 rings (SSSR count). The maximum atomic E-state index is 13.1. The van der Waals surface area contributed by atoms with Crippen molar-refractivity contribution < 1.29 is 24.2 Å².